The molecule has 0 spiro atoms. The third-order valence-electron chi connectivity index (χ3n) is 3.92. The van der Waals surface area contributed by atoms with Gasteiger partial charge in [0.05, 0.1) is 5.69 Å². The first-order valence-electron chi connectivity index (χ1n) is 6.76. The van der Waals surface area contributed by atoms with Gasteiger partial charge >= 0.3 is 0 Å². The lowest BCUT2D eigenvalue weighted by atomic mass is 10.1. The van der Waals surface area contributed by atoms with Gasteiger partial charge < -0.3 is 5.32 Å². The Balaban J connectivity index is 1.70. The molecule has 3 rings (SSSR count). The molecule has 0 bridgehead atoms. The number of rotatable bonds is 3. The summed E-state index contributed by atoms with van der Waals surface area (Å²) in [7, 11) is 0. The molecule has 1 saturated carbocycles. The van der Waals surface area contributed by atoms with E-state index >= 15 is 0 Å². The van der Waals surface area contributed by atoms with Crippen molar-refractivity contribution in [1.29, 1.82) is 0 Å². The molecular weight excluding hydrogens is 224 g/mol. The summed E-state index contributed by atoms with van der Waals surface area (Å²) in [5.74, 6) is 0.800. The van der Waals surface area contributed by atoms with Gasteiger partial charge in [-0.25, -0.2) is 9.50 Å². The highest BCUT2D eigenvalue weighted by Gasteiger charge is 2.22. The SMILES string of the molecule is Cc1cc2ncc(CNC3CCCC3C)cn2n1. The maximum absolute atomic E-state index is 4.43. The van der Waals surface area contributed by atoms with Crippen LogP contribution in [0.1, 0.15) is 37.4 Å². The minimum absolute atomic E-state index is 0.667. The molecule has 4 nitrogen and oxygen atoms in total. The molecule has 0 saturated heterocycles. The lowest BCUT2D eigenvalue weighted by Gasteiger charge is -2.17. The van der Waals surface area contributed by atoms with E-state index in [-0.39, 0.29) is 0 Å². The minimum atomic E-state index is 0.667. The summed E-state index contributed by atoms with van der Waals surface area (Å²) in [4.78, 5) is 4.43. The molecule has 1 N–H and O–H groups in total. The van der Waals surface area contributed by atoms with E-state index in [2.05, 4.69) is 28.5 Å². The fraction of sp³-hybridized carbons (Fsp3) is 0.571. The van der Waals surface area contributed by atoms with Crippen molar-refractivity contribution in [2.24, 2.45) is 5.92 Å². The molecule has 1 aliphatic rings. The molecular formula is C14H20N4. The first-order valence-corrected chi connectivity index (χ1v) is 6.76. The second-order valence-corrected chi connectivity index (χ2v) is 5.45. The molecule has 0 aromatic carbocycles. The maximum Gasteiger partial charge on any atom is 0.155 e. The quantitative estimate of drug-likeness (QED) is 0.901. The zero-order valence-electron chi connectivity index (χ0n) is 11.1. The Kier molecular flexibility index (Phi) is 3.04. The first kappa shape index (κ1) is 11.7. The van der Waals surface area contributed by atoms with Gasteiger partial charge in [-0.1, -0.05) is 13.3 Å². The van der Waals surface area contributed by atoms with Gasteiger partial charge in [0.15, 0.2) is 5.65 Å². The minimum Gasteiger partial charge on any atom is -0.310 e. The van der Waals surface area contributed by atoms with Gasteiger partial charge in [0.25, 0.3) is 0 Å². The van der Waals surface area contributed by atoms with E-state index in [0.29, 0.717) is 6.04 Å². The van der Waals surface area contributed by atoms with Crippen LogP contribution >= 0.6 is 0 Å². The van der Waals surface area contributed by atoms with Crippen LogP contribution < -0.4 is 5.32 Å². The highest BCUT2D eigenvalue weighted by atomic mass is 15.2. The average Bonchev–Trinajstić information content (AvgIpc) is 2.90. The fourth-order valence-corrected chi connectivity index (χ4v) is 2.82. The van der Waals surface area contributed by atoms with Crippen molar-refractivity contribution in [1.82, 2.24) is 19.9 Å². The third kappa shape index (κ3) is 2.25. The van der Waals surface area contributed by atoms with Crippen LogP contribution in [-0.4, -0.2) is 20.6 Å². The molecule has 96 valence electrons. The lowest BCUT2D eigenvalue weighted by Crippen LogP contribution is -2.30. The number of nitrogens with zero attached hydrogens (tertiary/aromatic N) is 3. The van der Waals surface area contributed by atoms with Crippen molar-refractivity contribution in [2.45, 2.75) is 45.7 Å². The summed E-state index contributed by atoms with van der Waals surface area (Å²) in [5.41, 5.74) is 3.13. The number of aryl methyl sites for hydroxylation is 1. The number of aromatic nitrogens is 3. The summed E-state index contributed by atoms with van der Waals surface area (Å²) in [5, 5.41) is 8.03. The van der Waals surface area contributed by atoms with Gasteiger partial charge in [0, 0.05) is 36.6 Å². The molecule has 2 aromatic rings. The van der Waals surface area contributed by atoms with Gasteiger partial charge in [-0.3, -0.25) is 0 Å². The Labute approximate surface area is 107 Å². The van der Waals surface area contributed by atoms with Crippen molar-refractivity contribution in [3.8, 4) is 0 Å². The molecule has 1 aliphatic carbocycles. The second-order valence-electron chi connectivity index (χ2n) is 5.45. The molecule has 2 heterocycles. The number of nitrogens with one attached hydrogen (secondary N) is 1. The van der Waals surface area contributed by atoms with E-state index in [9.17, 15) is 0 Å². The van der Waals surface area contributed by atoms with Crippen LogP contribution in [0.5, 0.6) is 0 Å². The summed E-state index contributed by atoms with van der Waals surface area (Å²) in [6, 6.07) is 2.66. The standard InChI is InChI=1S/C14H20N4/c1-10-4-3-5-13(10)15-7-12-8-16-14-6-11(2)17-18(14)9-12/h6,8-10,13,15H,3-5,7H2,1-2H3. The van der Waals surface area contributed by atoms with Crippen LogP contribution in [0.25, 0.3) is 5.65 Å². The first-order chi connectivity index (χ1) is 8.72. The van der Waals surface area contributed by atoms with E-state index in [1.54, 1.807) is 0 Å². The van der Waals surface area contributed by atoms with Gasteiger partial charge in [-0.05, 0) is 25.7 Å². The van der Waals surface area contributed by atoms with E-state index < -0.39 is 0 Å². The van der Waals surface area contributed by atoms with Gasteiger partial charge in [0.1, 0.15) is 0 Å². The molecule has 18 heavy (non-hydrogen) atoms. The summed E-state index contributed by atoms with van der Waals surface area (Å²) in [6.45, 7) is 5.21. The number of fused-ring (bicyclic) bond motifs is 1. The molecule has 2 unspecified atom stereocenters. The average molecular weight is 244 g/mol. The van der Waals surface area contributed by atoms with Crippen LogP contribution in [0.2, 0.25) is 0 Å². The molecule has 2 aromatic heterocycles. The van der Waals surface area contributed by atoms with E-state index in [1.165, 1.54) is 24.8 Å². The Bertz CT molecular complexity index is 546. The smallest absolute Gasteiger partial charge is 0.155 e. The molecule has 2 atom stereocenters. The van der Waals surface area contributed by atoms with E-state index in [0.717, 1.165) is 23.8 Å². The summed E-state index contributed by atoms with van der Waals surface area (Å²) < 4.78 is 1.87. The van der Waals surface area contributed by atoms with Crippen molar-refractivity contribution < 1.29 is 0 Å². The molecule has 0 radical (unpaired) electrons. The Morgan fingerprint density at radius 2 is 2.33 bits per heavy atom. The lowest BCUT2D eigenvalue weighted by molar-refractivity contribution is 0.425. The molecule has 0 aliphatic heterocycles. The number of hydrogen-bond donors (Lipinski definition) is 1. The van der Waals surface area contributed by atoms with Crippen LogP contribution in [0.15, 0.2) is 18.5 Å². The zero-order valence-corrected chi connectivity index (χ0v) is 11.1. The number of hydrogen-bond acceptors (Lipinski definition) is 3. The van der Waals surface area contributed by atoms with Crippen molar-refractivity contribution >= 4 is 5.65 Å². The fourth-order valence-electron chi connectivity index (χ4n) is 2.82. The topological polar surface area (TPSA) is 42.2 Å². The predicted molar refractivity (Wildman–Crippen MR) is 71.4 cm³/mol. The predicted octanol–water partition coefficient (Wildman–Crippen LogP) is 2.32. The van der Waals surface area contributed by atoms with Crippen molar-refractivity contribution in [3.05, 3.63) is 29.7 Å². The van der Waals surface area contributed by atoms with Crippen LogP contribution in [-0.2, 0) is 6.54 Å². The van der Waals surface area contributed by atoms with Crippen LogP contribution in [0.4, 0.5) is 0 Å². The zero-order chi connectivity index (χ0) is 12.5. The molecule has 1 fully saturated rings. The maximum atomic E-state index is 4.43. The van der Waals surface area contributed by atoms with E-state index in [1.807, 2.05) is 23.7 Å². The third-order valence-corrected chi connectivity index (χ3v) is 3.92. The Morgan fingerprint density at radius 1 is 1.44 bits per heavy atom. The monoisotopic (exact) mass is 244 g/mol. The van der Waals surface area contributed by atoms with Gasteiger partial charge in [-0.2, -0.15) is 5.10 Å². The normalized spacial score (nSPS) is 23.9. The summed E-state index contributed by atoms with van der Waals surface area (Å²) >= 11 is 0. The van der Waals surface area contributed by atoms with Crippen molar-refractivity contribution in [2.75, 3.05) is 0 Å². The largest absolute Gasteiger partial charge is 0.310 e. The highest BCUT2D eigenvalue weighted by Crippen LogP contribution is 2.24. The van der Waals surface area contributed by atoms with Crippen LogP contribution in [0.3, 0.4) is 0 Å². The second kappa shape index (κ2) is 4.69. The molecule has 0 amide bonds. The van der Waals surface area contributed by atoms with Gasteiger partial charge in [0.2, 0.25) is 0 Å². The van der Waals surface area contributed by atoms with Crippen molar-refractivity contribution in [3.63, 3.8) is 0 Å². The molecule has 4 heteroatoms. The Morgan fingerprint density at radius 3 is 3.11 bits per heavy atom. The van der Waals surface area contributed by atoms with Crippen LogP contribution in [0, 0.1) is 12.8 Å². The summed E-state index contributed by atoms with van der Waals surface area (Å²) in [6.07, 6.45) is 8.03. The van der Waals surface area contributed by atoms with E-state index in [4.69, 9.17) is 0 Å². The van der Waals surface area contributed by atoms with Gasteiger partial charge in [-0.15, -0.1) is 0 Å². The Hall–Kier alpha value is -1.42. The highest BCUT2D eigenvalue weighted by molar-refractivity contribution is 5.38.